The second kappa shape index (κ2) is 14.2. The Morgan fingerprint density at radius 2 is 1.05 bits per heavy atom. The number of rotatable bonds is 12. The normalized spacial score (nSPS) is 12.7. The number of carbonyl (C=O) groups is 1. The maximum absolute atomic E-state index is 12.0. The lowest BCUT2D eigenvalue weighted by molar-refractivity contribution is -0.118. The molecular weight excluding hydrogens is 544 g/mol. The van der Waals surface area contributed by atoms with Gasteiger partial charge in [-0.2, -0.15) is 0 Å². The molecule has 5 heteroatoms. The van der Waals surface area contributed by atoms with Crippen LogP contribution in [-0.2, 0) is 28.7 Å². The molecule has 4 aromatic carbocycles. The van der Waals surface area contributed by atoms with Crippen LogP contribution >= 0.6 is 0 Å². The molecule has 5 nitrogen and oxygen atoms in total. The molecular formula is C39H48N2O3. The van der Waals surface area contributed by atoms with E-state index in [2.05, 4.69) is 82.8 Å². The quantitative estimate of drug-likeness (QED) is 0.178. The molecule has 0 amide bonds. The van der Waals surface area contributed by atoms with Crippen LogP contribution in [0.2, 0.25) is 0 Å². The number of carbonyl (C=O) groups excluding carboxylic acids is 1. The molecule has 0 aliphatic carbocycles. The van der Waals surface area contributed by atoms with Crippen molar-refractivity contribution in [1.82, 2.24) is 4.90 Å². The molecule has 4 aromatic rings. The summed E-state index contributed by atoms with van der Waals surface area (Å²) in [5, 5.41) is 0. The molecule has 4 rings (SSSR count). The van der Waals surface area contributed by atoms with Crippen molar-refractivity contribution >= 4 is 5.78 Å². The van der Waals surface area contributed by atoms with Crippen LogP contribution in [0.5, 0.6) is 23.0 Å². The highest BCUT2D eigenvalue weighted by molar-refractivity contribution is 5.81. The first kappa shape index (κ1) is 33.0. The number of nitrogens with two attached hydrogens (primary N) is 1. The number of hydrogen-bond donors (Lipinski definition) is 1. The number of nitrogens with zero attached hydrogens (tertiary/aromatic N) is 1. The molecule has 0 bridgehead atoms. The van der Waals surface area contributed by atoms with Crippen molar-refractivity contribution in [2.24, 2.45) is 5.73 Å². The Morgan fingerprint density at radius 3 is 1.41 bits per heavy atom. The molecule has 0 saturated heterocycles. The molecule has 0 aliphatic heterocycles. The first-order valence-corrected chi connectivity index (χ1v) is 15.5. The zero-order valence-electron chi connectivity index (χ0n) is 27.4. The van der Waals surface area contributed by atoms with Gasteiger partial charge in [-0.25, -0.2) is 0 Å². The summed E-state index contributed by atoms with van der Waals surface area (Å²) in [6.07, 6.45) is 0.559. The maximum atomic E-state index is 12.0. The van der Waals surface area contributed by atoms with E-state index in [9.17, 15) is 4.79 Å². The molecule has 0 radical (unpaired) electrons. The Morgan fingerprint density at radius 1 is 0.659 bits per heavy atom. The number of Topliss-reactive ketones (excluding diaryl/α,β-unsaturated/α-hetero) is 1. The highest BCUT2D eigenvalue weighted by atomic mass is 16.5. The van der Waals surface area contributed by atoms with E-state index in [0.29, 0.717) is 26.1 Å². The molecule has 0 unspecified atom stereocenters. The van der Waals surface area contributed by atoms with Gasteiger partial charge in [0.05, 0.1) is 6.04 Å². The largest absolute Gasteiger partial charge is 0.457 e. The molecule has 2 N–H and O–H groups in total. The van der Waals surface area contributed by atoms with Crippen molar-refractivity contribution < 1.29 is 14.3 Å². The van der Waals surface area contributed by atoms with Crippen LogP contribution in [0, 0.1) is 0 Å². The maximum Gasteiger partial charge on any atom is 0.146 e. The molecule has 0 aliphatic rings. The Hall–Kier alpha value is -3.93. The minimum absolute atomic E-state index is 0.00479. The summed E-state index contributed by atoms with van der Waals surface area (Å²) >= 11 is 0. The van der Waals surface area contributed by atoms with Crippen LogP contribution in [0.15, 0.2) is 97.1 Å². The van der Waals surface area contributed by atoms with Crippen LogP contribution in [0.1, 0.15) is 77.1 Å². The minimum atomic E-state index is -0.502. The minimum Gasteiger partial charge on any atom is -0.457 e. The average molecular weight is 593 g/mol. The molecule has 232 valence electrons. The predicted octanol–water partition coefficient (Wildman–Crippen LogP) is 9.17. The molecule has 44 heavy (non-hydrogen) atoms. The zero-order valence-corrected chi connectivity index (χ0v) is 27.4. The standard InChI is InChI=1S/C39H48N2O3/c1-28(42)35(40)24-25-41(26-29-12-8-10-14-36(29)43-33-20-16-31(17-21-33)38(2,3)4)27-30-13-9-11-15-37(30)44-34-22-18-32(19-23-34)39(5,6)7/h8-23,35H,24-27,40H2,1-7H3/t35-/m0/s1. The van der Waals surface area contributed by atoms with E-state index in [4.69, 9.17) is 15.2 Å². The van der Waals surface area contributed by atoms with Crippen LogP contribution in [0.3, 0.4) is 0 Å². The van der Waals surface area contributed by atoms with Crippen molar-refractivity contribution in [2.75, 3.05) is 6.54 Å². The lowest BCUT2D eigenvalue weighted by Gasteiger charge is -2.26. The van der Waals surface area contributed by atoms with Gasteiger partial charge in [-0.05, 0) is 71.7 Å². The summed E-state index contributed by atoms with van der Waals surface area (Å²) < 4.78 is 12.8. The summed E-state index contributed by atoms with van der Waals surface area (Å²) in [6, 6.07) is 32.4. The van der Waals surface area contributed by atoms with Gasteiger partial charge in [0.25, 0.3) is 0 Å². The molecule has 1 atom stereocenters. The van der Waals surface area contributed by atoms with Crippen molar-refractivity contribution in [1.29, 1.82) is 0 Å². The first-order valence-electron chi connectivity index (χ1n) is 15.5. The van der Waals surface area contributed by atoms with Crippen molar-refractivity contribution in [2.45, 2.75) is 84.8 Å². The third-order valence-corrected chi connectivity index (χ3v) is 7.91. The third kappa shape index (κ3) is 9.28. The van der Waals surface area contributed by atoms with E-state index >= 15 is 0 Å². The van der Waals surface area contributed by atoms with Gasteiger partial charge in [0, 0.05) is 30.8 Å². The van der Waals surface area contributed by atoms with E-state index in [1.165, 1.54) is 11.1 Å². The van der Waals surface area contributed by atoms with E-state index in [1.54, 1.807) is 6.92 Å². The fourth-order valence-electron chi connectivity index (χ4n) is 4.99. The summed E-state index contributed by atoms with van der Waals surface area (Å²) in [5.41, 5.74) is 11.0. The molecule has 0 aromatic heterocycles. The monoisotopic (exact) mass is 592 g/mol. The van der Waals surface area contributed by atoms with Gasteiger partial charge >= 0.3 is 0 Å². The summed E-state index contributed by atoms with van der Waals surface area (Å²) in [7, 11) is 0. The number of para-hydroxylation sites is 2. The smallest absolute Gasteiger partial charge is 0.146 e. The Labute approximate surface area is 264 Å². The topological polar surface area (TPSA) is 64.8 Å². The first-order chi connectivity index (χ1) is 20.8. The van der Waals surface area contributed by atoms with Gasteiger partial charge in [-0.15, -0.1) is 0 Å². The second-order valence-corrected chi connectivity index (χ2v) is 13.7. The van der Waals surface area contributed by atoms with Crippen LogP contribution < -0.4 is 15.2 Å². The van der Waals surface area contributed by atoms with E-state index in [-0.39, 0.29) is 16.6 Å². The van der Waals surface area contributed by atoms with Crippen LogP contribution in [-0.4, -0.2) is 23.3 Å². The van der Waals surface area contributed by atoms with Crippen molar-refractivity contribution in [3.63, 3.8) is 0 Å². The van der Waals surface area contributed by atoms with Gasteiger partial charge in [-0.1, -0.05) is 102 Å². The van der Waals surface area contributed by atoms with E-state index < -0.39 is 6.04 Å². The number of ketones is 1. The molecule has 0 saturated carbocycles. The summed E-state index contributed by atoms with van der Waals surface area (Å²) in [4.78, 5) is 14.3. The SMILES string of the molecule is CC(=O)[C@@H](N)CCN(Cc1ccccc1Oc1ccc(C(C)(C)C)cc1)Cc1ccccc1Oc1ccc(C(C)(C)C)cc1. The van der Waals surface area contributed by atoms with Crippen molar-refractivity contribution in [3.8, 4) is 23.0 Å². The number of hydrogen-bond acceptors (Lipinski definition) is 5. The highest BCUT2D eigenvalue weighted by Gasteiger charge is 2.18. The second-order valence-electron chi connectivity index (χ2n) is 13.7. The lowest BCUT2D eigenvalue weighted by atomic mass is 9.87. The Bertz CT molecular complexity index is 1410. The van der Waals surface area contributed by atoms with Crippen LogP contribution in [0.25, 0.3) is 0 Å². The van der Waals surface area contributed by atoms with Gasteiger partial charge in [0.15, 0.2) is 0 Å². The number of ether oxygens (including phenoxy) is 2. The average Bonchev–Trinajstić information content (AvgIpc) is 2.97. The summed E-state index contributed by atoms with van der Waals surface area (Å²) in [6.45, 7) is 16.7. The van der Waals surface area contributed by atoms with Gasteiger partial charge in [-0.3, -0.25) is 9.69 Å². The fraction of sp³-hybridized carbons (Fsp3) is 0.359. The molecule has 0 spiro atoms. The Balaban J connectivity index is 1.56. The number of benzene rings is 4. The zero-order chi connectivity index (χ0) is 31.9. The van der Waals surface area contributed by atoms with Gasteiger partial charge in [0.2, 0.25) is 0 Å². The predicted molar refractivity (Wildman–Crippen MR) is 181 cm³/mol. The highest BCUT2D eigenvalue weighted by Crippen LogP contribution is 2.32. The fourth-order valence-corrected chi connectivity index (χ4v) is 4.99. The van der Waals surface area contributed by atoms with Gasteiger partial charge < -0.3 is 15.2 Å². The Kier molecular flexibility index (Phi) is 10.7. The van der Waals surface area contributed by atoms with E-state index in [0.717, 1.165) is 34.1 Å². The van der Waals surface area contributed by atoms with Crippen molar-refractivity contribution in [3.05, 3.63) is 119 Å². The lowest BCUT2D eigenvalue weighted by Crippen LogP contribution is -2.34. The third-order valence-electron chi connectivity index (χ3n) is 7.91. The van der Waals surface area contributed by atoms with E-state index in [1.807, 2.05) is 60.7 Å². The van der Waals surface area contributed by atoms with Gasteiger partial charge in [0.1, 0.15) is 28.8 Å². The van der Waals surface area contributed by atoms with Crippen LogP contribution in [0.4, 0.5) is 0 Å². The summed E-state index contributed by atoms with van der Waals surface area (Å²) in [5.74, 6) is 3.20. The molecule has 0 fully saturated rings. The molecule has 0 heterocycles.